The summed E-state index contributed by atoms with van der Waals surface area (Å²) in [6.07, 6.45) is -4.59. The summed E-state index contributed by atoms with van der Waals surface area (Å²) in [5.74, 6) is 3.68. The van der Waals surface area contributed by atoms with Crippen molar-refractivity contribution in [3.63, 3.8) is 0 Å². The summed E-state index contributed by atoms with van der Waals surface area (Å²) in [4.78, 5) is 11.0. The lowest BCUT2D eigenvalue weighted by atomic mass is 10.1. The number of nitrogens with two attached hydrogens (primary N) is 1. The number of hydrazine groups is 1. The van der Waals surface area contributed by atoms with E-state index in [1.165, 1.54) is 6.07 Å². The van der Waals surface area contributed by atoms with Crippen LogP contribution in [0.1, 0.15) is 15.9 Å². The van der Waals surface area contributed by atoms with Crippen LogP contribution in [0.5, 0.6) is 5.75 Å². The average molecular weight is 234 g/mol. The molecule has 0 saturated heterocycles. The highest BCUT2D eigenvalue weighted by atomic mass is 19.4. The van der Waals surface area contributed by atoms with Gasteiger partial charge in [-0.2, -0.15) is 13.2 Å². The largest absolute Gasteiger partial charge is 0.496 e. The summed E-state index contributed by atoms with van der Waals surface area (Å²) in [7, 11) is 1.12. The number of amides is 1. The van der Waals surface area contributed by atoms with Crippen LogP contribution >= 0.6 is 0 Å². The molecule has 0 aromatic heterocycles. The number of rotatable bonds is 2. The van der Waals surface area contributed by atoms with Crippen LogP contribution < -0.4 is 16.0 Å². The molecule has 0 aliphatic heterocycles. The molecule has 16 heavy (non-hydrogen) atoms. The van der Waals surface area contributed by atoms with Crippen LogP contribution in [0, 0.1) is 0 Å². The number of methoxy groups -OCH3 is 1. The molecule has 0 fully saturated rings. The second kappa shape index (κ2) is 4.40. The molecule has 1 aromatic rings. The Morgan fingerprint density at radius 2 is 2.06 bits per heavy atom. The van der Waals surface area contributed by atoms with E-state index in [-0.39, 0.29) is 11.3 Å². The molecule has 7 heteroatoms. The summed E-state index contributed by atoms with van der Waals surface area (Å²) in [5.41, 5.74) is 0.548. The molecule has 0 unspecified atom stereocenters. The first-order valence-corrected chi connectivity index (χ1v) is 4.16. The predicted octanol–water partition coefficient (Wildman–Crippen LogP) is 1.32. The van der Waals surface area contributed by atoms with Gasteiger partial charge in [0.25, 0.3) is 5.91 Å². The number of hydrogen-bond acceptors (Lipinski definition) is 3. The Labute approximate surface area is 89.2 Å². The smallest absolute Gasteiger partial charge is 0.419 e. The summed E-state index contributed by atoms with van der Waals surface area (Å²) in [6.45, 7) is 0. The number of benzene rings is 1. The molecule has 1 aromatic carbocycles. The third-order valence-corrected chi connectivity index (χ3v) is 1.90. The van der Waals surface area contributed by atoms with Gasteiger partial charge in [-0.15, -0.1) is 0 Å². The number of alkyl halides is 3. The van der Waals surface area contributed by atoms with E-state index < -0.39 is 17.6 Å². The van der Waals surface area contributed by atoms with Crippen molar-refractivity contribution in [2.75, 3.05) is 7.11 Å². The van der Waals surface area contributed by atoms with Crippen LogP contribution in [0.2, 0.25) is 0 Å². The van der Waals surface area contributed by atoms with E-state index in [2.05, 4.69) is 4.74 Å². The fourth-order valence-corrected chi connectivity index (χ4v) is 1.15. The van der Waals surface area contributed by atoms with E-state index in [9.17, 15) is 18.0 Å². The molecule has 0 aliphatic rings. The van der Waals surface area contributed by atoms with Crippen molar-refractivity contribution in [3.8, 4) is 5.75 Å². The van der Waals surface area contributed by atoms with E-state index in [0.717, 1.165) is 13.2 Å². The van der Waals surface area contributed by atoms with Gasteiger partial charge in [-0.05, 0) is 18.2 Å². The van der Waals surface area contributed by atoms with Crippen LogP contribution in [0.4, 0.5) is 13.2 Å². The van der Waals surface area contributed by atoms with Gasteiger partial charge in [0.05, 0.1) is 12.7 Å². The first-order valence-electron chi connectivity index (χ1n) is 4.16. The lowest BCUT2D eigenvalue weighted by molar-refractivity contribution is -0.138. The van der Waals surface area contributed by atoms with Gasteiger partial charge in [-0.3, -0.25) is 10.2 Å². The number of carbonyl (C=O) groups excluding carboxylic acids is 1. The van der Waals surface area contributed by atoms with Crippen LogP contribution in [-0.2, 0) is 6.18 Å². The molecule has 0 radical (unpaired) electrons. The molecule has 0 saturated carbocycles. The molecule has 88 valence electrons. The molecular formula is C9H9F3N2O2. The van der Waals surface area contributed by atoms with Crippen molar-refractivity contribution in [1.29, 1.82) is 0 Å². The molecule has 1 amide bonds. The Morgan fingerprint density at radius 1 is 1.44 bits per heavy atom. The topological polar surface area (TPSA) is 64.3 Å². The number of hydrogen-bond donors (Lipinski definition) is 2. The minimum atomic E-state index is -4.59. The van der Waals surface area contributed by atoms with Gasteiger partial charge in [-0.25, -0.2) is 5.84 Å². The Kier molecular flexibility index (Phi) is 3.38. The monoisotopic (exact) mass is 234 g/mol. The third-order valence-electron chi connectivity index (χ3n) is 1.90. The van der Waals surface area contributed by atoms with Gasteiger partial charge in [-0.1, -0.05) is 0 Å². The van der Waals surface area contributed by atoms with Crippen molar-refractivity contribution in [3.05, 3.63) is 29.3 Å². The molecular weight excluding hydrogens is 225 g/mol. The quantitative estimate of drug-likeness (QED) is 0.460. The van der Waals surface area contributed by atoms with E-state index in [4.69, 9.17) is 5.84 Å². The number of nitrogen functional groups attached to an aromatic ring is 1. The van der Waals surface area contributed by atoms with Crippen LogP contribution in [0.15, 0.2) is 18.2 Å². The highest BCUT2D eigenvalue weighted by Crippen LogP contribution is 2.36. The minimum Gasteiger partial charge on any atom is -0.496 e. The molecule has 0 atom stereocenters. The number of nitrogens with one attached hydrogen (secondary N) is 1. The minimum absolute atomic E-state index is 0.185. The normalized spacial score (nSPS) is 11.1. The van der Waals surface area contributed by atoms with Crippen molar-refractivity contribution in [1.82, 2.24) is 5.43 Å². The van der Waals surface area contributed by atoms with Crippen molar-refractivity contribution < 1.29 is 22.7 Å². The molecule has 1 rings (SSSR count). The van der Waals surface area contributed by atoms with Gasteiger partial charge in [0.2, 0.25) is 0 Å². The number of carbonyl (C=O) groups is 1. The first-order chi connectivity index (χ1) is 7.40. The highest BCUT2D eigenvalue weighted by Gasteiger charge is 2.34. The highest BCUT2D eigenvalue weighted by molar-refractivity contribution is 5.94. The maximum atomic E-state index is 12.5. The fourth-order valence-electron chi connectivity index (χ4n) is 1.15. The first kappa shape index (κ1) is 12.3. The summed E-state index contributed by atoms with van der Waals surface area (Å²) < 4.78 is 42.2. The molecule has 4 nitrogen and oxygen atoms in total. The van der Waals surface area contributed by atoms with Gasteiger partial charge >= 0.3 is 6.18 Å². The predicted molar refractivity (Wildman–Crippen MR) is 49.6 cm³/mol. The van der Waals surface area contributed by atoms with Crippen molar-refractivity contribution in [2.24, 2.45) is 5.84 Å². The number of ether oxygens (including phenoxy) is 1. The van der Waals surface area contributed by atoms with E-state index in [1.54, 1.807) is 5.43 Å². The van der Waals surface area contributed by atoms with Crippen LogP contribution in [0.3, 0.4) is 0 Å². The van der Waals surface area contributed by atoms with Crippen molar-refractivity contribution >= 4 is 5.91 Å². The molecule has 0 aliphatic carbocycles. The van der Waals surface area contributed by atoms with E-state index in [1.807, 2.05) is 0 Å². The van der Waals surface area contributed by atoms with Gasteiger partial charge in [0, 0.05) is 5.56 Å². The van der Waals surface area contributed by atoms with E-state index >= 15 is 0 Å². The maximum Gasteiger partial charge on any atom is 0.419 e. The maximum absolute atomic E-state index is 12.5. The SMILES string of the molecule is COc1ccc(C(=O)NN)cc1C(F)(F)F. The summed E-state index contributed by atoms with van der Waals surface area (Å²) in [5, 5.41) is 0. The zero-order chi connectivity index (χ0) is 12.3. The average Bonchev–Trinajstić information content (AvgIpc) is 2.26. The molecule has 3 N–H and O–H groups in total. The molecule has 0 heterocycles. The van der Waals surface area contributed by atoms with Gasteiger partial charge < -0.3 is 4.74 Å². The van der Waals surface area contributed by atoms with Gasteiger partial charge in [0.1, 0.15) is 5.75 Å². The Bertz CT molecular complexity index is 404. The fraction of sp³-hybridized carbons (Fsp3) is 0.222. The number of halogens is 3. The second-order valence-corrected chi connectivity index (χ2v) is 2.89. The van der Waals surface area contributed by atoms with Gasteiger partial charge in [0.15, 0.2) is 0 Å². The lowest BCUT2D eigenvalue weighted by Gasteiger charge is -2.12. The lowest BCUT2D eigenvalue weighted by Crippen LogP contribution is -2.30. The summed E-state index contributed by atoms with van der Waals surface area (Å²) >= 11 is 0. The van der Waals surface area contributed by atoms with Crippen LogP contribution in [0.25, 0.3) is 0 Å². The van der Waals surface area contributed by atoms with Crippen LogP contribution in [-0.4, -0.2) is 13.0 Å². The zero-order valence-electron chi connectivity index (χ0n) is 8.26. The standard InChI is InChI=1S/C9H9F3N2O2/c1-16-7-3-2-5(8(15)14-13)4-6(7)9(10,11)12/h2-4H,13H2,1H3,(H,14,15). The zero-order valence-corrected chi connectivity index (χ0v) is 8.26. The Morgan fingerprint density at radius 3 is 2.50 bits per heavy atom. The molecule has 0 spiro atoms. The van der Waals surface area contributed by atoms with Crippen molar-refractivity contribution in [2.45, 2.75) is 6.18 Å². The Hall–Kier alpha value is -1.76. The summed E-state index contributed by atoms with van der Waals surface area (Å²) in [6, 6.07) is 2.94. The van der Waals surface area contributed by atoms with E-state index in [0.29, 0.717) is 6.07 Å². The second-order valence-electron chi connectivity index (χ2n) is 2.89. The Balaban J connectivity index is 3.27. The molecule has 0 bridgehead atoms. The third kappa shape index (κ3) is 2.43.